The molecule has 0 aliphatic carbocycles. The number of carbonyl (C=O) groups excluding carboxylic acids is 1. The number of benzene rings is 1. The van der Waals surface area contributed by atoms with Gasteiger partial charge in [0.05, 0.1) is 6.10 Å². The Balaban J connectivity index is 1.41. The average molecular weight is 330 g/mol. The van der Waals surface area contributed by atoms with Crippen LogP contribution in [0.3, 0.4) is 0 Å². The van der Waals surface area contributed by atoms with Crippen molar-refractivity contribution in [2.75, 3.05) is 18.5 Å². The zero-order valence-electron chi connectivity index (χ0n) is 13.6. The SMILES string of the molecule is O=C(CCn1cnnc1)Nc1ccc(OCC2CCCCO2)cc1. The summed E-state index contributed by atoms with van der Waals surface area (Å²) in [6.07, 6.45) is 7.15. The van der Waals surface area contributed by atoms with Crippen LogP contribution in [0.5, 0.6) is 5.75 Å². The smallest absolute Gasteiger partial charge is 0.226 e. The number of aryl methyl sites for hydroxylation is 1. The molecule has 1 fully saturated rings. The number of aromatic nitrogens is 3. The Bertz CT molecular complexity index is 622. The number of rotatable bonds is 7. The number of hydrogen-bond donors (Lipinski definition) is 1. The fourth-order valence-corrected chi connectivity index (χ4v) is 2.55. The first-order valence-electron chi connectivity index (χ1n) is 8.26. The second kappa shape index (κ2) is 8.44. The van der Waals surface area contributed by atoms with Crippen molar-refractivity contribution in [3.8, 4) is 5.75 Å². The van der Waals surface area contributed by atoms with E-state index in [0.29, 0.717) is 19.6 Å². The Morgan fingerprint density at radius 3 is 2.75 bits per heavy atom. The Morgan fingerprint density at radius 1 is 1.25 bits per heavy atom. The van der Waals surface area contributed by atoms with E-state index in [4.69, 9.17) is 9.47 Å². The van der Waals surface area contributed by atoms with Gasteiger partial charge in [-0.05, 0) is 43.5 Å². The van der Waals surface area contributed by atoms with Gasteiger partial charge in [0, 0.05) is 25.3 Å². The highest BCUT2D eigenvalue weighted by molar-refractivity contribution is 5.90. The van der Waals surface area contributed by atoms with E-state index in [1.807, 2.05) is 24.3 Å². The minimum absolute atomic E-state index is 0.0482. The molecule has 1 unspecified atom stereocenters. The van der Waals surface area contributed by atoms with E-state index >= 15 is 0 Å². The third kappa shape index (κ3) is 5.06. The van der Waals surface area contributed by atoms with Crippen molar-refractivity contribution in [2.45, 2.75) is 38.3 Å². The summed E-state index contributed by atoms with van der Waals surface area (Å²) in [4.78, 5) is 11.9. The van der Waals surface area contributed by atoms with Crippen LogP contribution in [0.15, 0.2) is 36.9 Å². The molecule has 1 aromatic heterocycles. The fraction of sp³-hybridized carbons (Fsp3) is 0.471. The van der Waals surface area contributed by atoms with Crippen molar-refractivity contribution in [1.82, 2.24) is 14.8 Å². The quantitative estimate of drug-likeness (QED) is 0.842. The summed E-state index contributed by atoms with van der Waals surface area (Å²) >= 11 is 0. The van der Waals surface area contributed by atoms with Crippen molar-refractivity contribution < 1.29 is 14.3 Å². The van der Waals surface area contributed by atoms with Crippen molar-refractivity contribution in [1.29, 1.82) is 0 Å². The molecule has 2 heterocycles. The van der Waals surface area contributed by atoms with Crippen LogP contribution in [0.4, 0.5) is 5.69 Å². The van der Waals surface area contributed by atoms with Gasteiger partial charge in [-0.2, -0.15) is 0 Å². The van der Waals surface area contributed by atoms with E-state index in [-0.39, 0.29) is 12.0 Å². The first-order chi connectivity index (χ1) is 11.8. The van der Waals surface area contributed by atoms with E-state index < -0.39 is 0 Å². The maximum atomic E-state index is 11.9. The molecule has 2 aromatic rings. The number of hydrogen-bond acceptors (Lipinski definition) is 5. The topological polar surface area (TPSA) is 78.3 Å². The molecule has 0 spiro atoms. The molecule has 128 valence electrons. The summed E-state index contributed by atoms with van der Waals surface area (Å²) in [5, 5.41) is 10.3. The summed E-state index contributed by atoms with van der Waals surface area (Å²) in [6.45, 7) is 1.96. The first-order valence-corrected chi connectivity index (χ1v) is 8.26. The lowest BCUT2D eigenvalue weighted by Crippen LogP contribution is -2.25. The standard InChI is InChI=1S/C17H22N4O3/c22-17(8-9-21-12-18-19-13-21)20-14-4-6-15(7-5-14)24-11-16-3-1-2-10-23-16/h4-7,12-13,16H,1-3,8-11H2,(H,20,22). The Morgan fingerprint density at radius 2 is 2.04 bits per heavy atom. The highest BCUT2D eigenvalue weighted by Crippen LogP contribution is 2.18. The third-order valence-corrected chi connectivity index (χ3v) is 3.91. The number of carbonyl (C=O) groups is 1. The number of amides is 1. The zero-order chi connectivity index (χ0) is 16.6. The molecule has 0 radical (unpaired) electrons. The van der Waals surface area contributed by atoms with Crippen LogP contribution in [0.2, 0.25) is 0 Å². The molecule has 0 saturated carbocycles. The van der Waals surface area contributed by atoms with Gasteiger partial charge in [-0.25, -0.2) is 0 Å². The third-order valence-electron chi connectivity index (χ3n) is 3.91. The summed E-state index contributed by atoms with van der Waals surface area (Å²) < 4.78 is 13.2. The monoisotopic (exact) mass is 330 g/mol. The molecule has 1 saturated heterocycles. The van der Waals surface area contributed by atoms with Crippen LogP contribution in [0, 0.1) is 0 Å². The Hall–Kier alpha value is -2.41. The van der Waals surface area contributed by atoms with E-state index in [2.05, 4.69) is 15.5 Å². The number of nitrogens with one attached hydrogen (secondary N) is 1. The van der Waals surface area contributed by atoms with Gasteiger partial charge in [-0.15, -0.1) is 10.2 Å². The second-order valence-electron chi connectivity index (χ2n) is 5.82. The predicted molar refractivity (Wildman–Crippen MR) is 88.8 cm³/mol. The average Bonchev–Trinajstić information content (AvgIpc) is 3.14. The molecule has 3 rings (SSSR count). The van der Waals surface area contributed by atoms with Crippen LogP contribution in [0.25, 0.3) is 0 Å². The van der Waals surface area contributed by atoms with E-state index in [1.165, 1.54) is 6.42 Å². The summed E-state index contributed by atoms with van der Waals surface area (Å²) in [6, 6.07) is 7.40. The molecular formula is C17H22N4O3. The number of ether oxygens (including phenoxy) is 2. The molecule has 24 heavy (non-hydrogen) atoms. The van der Waals surface area contributed by atoms with Crippen LogP contribution in [-0.2, 0) is 16.1 Å². The van der Waals surface area contributed by atoms with Gasteiger partial charge in [0.2, 0.25) is 5.91 Å². The molecule has 7 nitrogen and oxygen atoms in total. The summed E-state index contributed by atoms with van der Waals surface area (Å²) in [7, 11) is 0. The Labute approximate surface area is 141 Å². The van der Waals surface area contributed by atoms with Crippen molar-refractivity contribution in [3.63, 3.8) is 0 Å². The molecule has 1 aliphatic rings. The molecule has 0 bridgehead atoms. The van der Waals surface area contributed by atoms with Crippen molar-refractivity contribution in [3.05, 3.63) is 36.9 Å². The summed E-state index contributed by atoms with van der Waals surface area (Å²) in [5.74, 6) is 0.736. The van der Waals surface area contributed by atoms with Crippen LogP contribution < -0.4 is 10.1 Å². The zero-order valence-corrected chi connectivity index (χ0v) is 13.6. The lowest BCUT2D eigenvalue weighted by Gasteiger charge is -2.22. The van der Waals surface area contributed by atoms with Gasteiger partial charge in [-0.3, -0.25) is 4.79 Å². The van der Waals surface area contributed by atoms with Crippen LogP contribution >= 0.6 is 0 Å². The fourth-order valence-electron chi connectivity index (χ4n) is 2.55. The first kappa shape index (κ1) is 16.4. The van der Waals surface area contributed by atoms with Gasteiger partial charge in [0.1, 0.15) is 25.0 Å². The van der Waals surface area contributed by atoms with Gasteiger partial charge in [0.15, 0.2) is 0 Å². The Kier molecular flexibility index (Phi) is 5.79. The highest BCUT2D eigenvalue weighted by atomic mass is 16.5. The highest BCUT2D eigenvalue weighted by Gasteiger charge is 2.14. The minimum atomic E-state index is -0.0482. The molecule has 1 aromatic carbocycles. The largest absolute Gasteiger partial charge is 0.491 e. The molecule has 7 heteroatoms. The molecule has 1 amide bonds. The molecule has 1 atom stereocenters. The van der Waals surface area contributed by atoms with Crippen LogP contribution in [-0.4, -0.2) is 40.0 Å². The van der Waals surface area contributed by atoms with Gasteiger partial charge in [-0.1, -0.05) is 0 Å². The van der Waals surface area contributed by atoms with Gasteiger partial charge < -0.3 is 19.4 Å². The predicted octanol–water partition coefficient (Wildman–Crippen LogP) is 2.25. The summed E-state index contributed by atoms with van der Waals surface area (Å²) in [5.41, 5.74) is 0.755. The molecular weight excluding hydrogens is 308 g/mol. The van der Waals surface area contributed by atoms with Crippen molar-refractivity contribution in [2.24, 2.45) is 0 Å². The number of nitrogens with zero attached hydrogens (tertiary/aromatic N) is 3. The number of anilines is 1. The van der Waals surface area contributed by atoms with E-state index in [1.54, 1.807) is 17.2 Å². The van der Waals surface area contributed by atoms with Gasteiger partial charge >= 0.3 is 0 Å². The maximum Gasteiger partial charge on any atom is 0.226 e. The van der Waals surface area contributed by atoms with Gasteiger partial charge in [0.25, 0.3) is 0 Å². The van der Waals surface area contributed by atoms with Crippen molar-refractivity contribution >= 4 is 11.6 Å². The molecule has 1 N–H and O–H groups in total. The lowest BCUT2D eigenvalue weighted by atomic mass is 10.1. The molecule has 1 aliphatic heterocycles. The second-order valence-corrected chi connectivity index (χ2v) is 5.82. The van der Waals surface area contributed by atoms with E-state index in [9.17, 15) is 4.79 Å². The van der Waals surface area contributed by atoms with E-state index in [0.717, 1.165) is 30.9 Å². The van der Waals surface area contributed by atoms with Crippen LogP contribution in [0.1, 0.15) is 25.7 Å². The maximum absolute atomic E-state index is 11.9. The lowest BCUT2D eigenvalue weighted by molar-refractivity contribution is -0.116. The minimum Gasteiger partial charge on any atom is -0.491 e. The normalized spacial score (nSPS) is 17.4.